The van der Waals surface area contributed by atoms with E-state index < -0.39 is 24.5 Å². The van der Waals surface area contributed by atoms with E-state index in [0.717, 1.165) is 6.07 Å². The van der Waals surface area contributed by atoms with Crippen LogP contribution in [0.15, 0.2) is 48.5 Å². The Bertz CT molecular complexity index is 671. The monoisotopic (exact) mass is 313 g/mol. The van der Waals surface area contributed by atoms with Gasteiger partial charge in [-0.1, -0.05) is 18.2 Å². The predicted octanol–water partition coefficient (Wildman–Crippen LogP) is 4.02. The molecule has 0 spiro atoms. The first-order valence-electron chi connectivity index (χ1n) is 6.21. The van der Waals surface area contributed by atoms with Gasteiger partial charge in [0.1, 0.15) is 11.6 Å². The van der Waals surface area contributed by atoms with Crippen LogP contribution in [0.1, 0.15) is 10.4 Å². The van der Waals surface area contributed by atoms with Gasteiger partial charge in [0.2, 0.25) is 0 Å². The number of carbonyl (C=O) groups is 1. The van der Waals surface area contributed by atoms with Crippen molar-refractivity contribution in [2.75, 3.05) is 11.9 Å². The predicted molar refractivity (Wildman–Crippen MR) is 72.3 cm³/mol. The molecule has 3 nitrogen and oxygen atoms in total. The molecule has 116 valence electrons. The zero-order chi connectivity index (χ0) is 16.2. The first kappa shape index (κ1) is 15.8. The van der Waals surface area contributed by atoms with E-state index in [1.807, 2.05) is 0 Å². The molecular formula is C15H11F4NO2. The molecule has 0 fully saturated rings. The van der Waals surface area contributed by atoms with Gasteiger partial charge in [-0.3, -0.25) is 4.79 Å². The molecule has 0 unspecified atom stereocenters. The lowest BCUT2D eigenvalue weighted by Crippen LogP contribution is -2.20. The summed E-state index contributed by atoms with van der Waals surface area (Å²) in [5.74, 6) is -1.36. The fraction of sp³-hybridized carbons (Fsp3) is 0.133. The zero-order valence-corrected chi connectivity index (χ0v) is 11.2. The SMILES string of the molecule is O=C(Nc1ccccc1OCC(F)(F)F)c1cccc(F)c1. The summed E-state index contributed by atoms with van der Waals surface area (Å²) in [7, 11) is 0. The van der Waals surface area contributed by atoms with Gasteiger partial charge in [0.05, 0.1) is 5.69 Å². The minimum atomic E-state index is -4.49. The molecule has 1 N–H and O–H groups in total. The zero-order valence-electron chi connectivity index (χ0n) is 11.2. The Kier molecular flexibility index (Phi) is 4.65. The number of benzene rings is 2. The number of nitrogens with one attached hydrogen (secondary N) is 1. The third-order valence-electron chi connectivity index (χ3n) is 2.61. The Morgan fingerprint density at radius 1 is 1.09 bits per heavy atom. The lowest BCUT2D eigenvalue weighted by Gasteiger charge is -2.13. The summed E-state index contributed by atoms with van der Waals surface area (Å²) in [6, 6.07) is 10.6. The quantitative estimate of drug-likeness (QED) is 0.866. The molecule has 0 radical (unpaired) electrons. The highest BCUT2D eigenvalue weighted by Gasteiger charge is 2.28. The minimum absolute atomic E-state index is 0.0469. The fourth-order valence-electron chi connectivity index (χ4n) is 1.68. The lowest BCUT2D eigenvalue weighted by atomic mass is 10.2. The number of anilines is 1. The number of rotatable bonds is 4. The molecule has 2 rings (SSSR count). The van der Waals surface area contributed by atoms with Gasteiger partial charge in [-0.05, 0) is 30.3 Å². The summed E-state index contributed by atoms with van der Waals surface area (Å²) >= 11 is 0. The van der Waals surface area contributed by atoms with E-state index >= 15 is 0 Å². The van der Waals surface area contributed by atoms with E-state index in [-0.39, 0.29) is 17.0 Å². The van der Waals surface area contributed by atoms with Gasteiger partial charge in [0.15, 0.2) is 6.61 Å². The number of hydrogen-bond acceptors (Lipinski definition) is 2. The van der Waals surface area contributed by atoms with Crippen molar-refractivity contribution in [3.63, 3.8) is 0 Å². The van der Waals surface area contributed by atoms with Crippen LogP contribution in [0.25, 0.3) is 0 Å². The van der Waals surface area contributed by atoms with E-state index in [1.165, 1.54) is 42.5 Å². The Hall–Kier alpha value is -2.57. The average molecular weight is 313 g/mol. The number of para-hydroxylation sites is 2. The normalized spacial score (nSPS) is 11.1. The largest absolute Gasteiger partial charge is 0.482 e. The Morgan fingerprint density at radius 2 is 1.82 bits per heavy atom. The molecule has 0 aliphatic rings. The van der Waals surface area contributed by atoms with Crippen LogP contribution in [0.5, 0.6) is 5.75 Å². The van der Waals surface area contributed by atoms with E-state index in [0.29, 0.717) is 0 Å². The number of carbonyl (C=O) groups excluding carboxylic acids is 1. The number of alkyl halides is 3. The third kappa shape index (κ3) is 4.47. The van der Waals surface area contributed by atoms with Gasteiger partial charge >= 0.3 is 6.18 Å². The molecule has 0 aromatic heterocycles. The second-order valence-corrected chi connectivity index (χ2v) is 4.36. The number of halogens is 4. The highest BCUT2D eigenvalue weighted by molar-refractivity contribution is 6.05. The molecule has 2 aromatic carbocycles. The van der Waals surface area contributed by atoms with Crippen molar-refractivity contribution in [2.45, 2.75) is 6.18 Å². The fourth-order valence-corrected chi connectivity index (χ4v) is 1.68. The molecule has 0 heterocycles. The molecular weight excluding hydrogens is 302 g/mol. The maximum Gasteiger partial charge on any atom is 0.422 e. The van der Waals surface area contributed by atoms with E-state index in [2.05, 4.69) is 10.1 Å². The lowest BCUT2D eigenvalue weighted by molar-refractivity contribution is -0.153. The third-order valence-corrected chi connectivity index (χ3v) is 2.61. The van der Waals surface area contributed by atoms with Crippen LogP contribution in [0.2, 0.25) is 0 Å². The number of amides is 1. The van der Waals surface area contributed by atoms with Crippen LogP contribution in [-0.2, 0) is 0 Å². The summed E-state index contributed by atoms with van der Waals surface area (Å²) < 4.78 is 54.3. The molecule has 0 atom stereocenters. The molecule has 1 amide bonds. The van der Waals surface area contributed by atoms with Gasteiger partial charge in [0.25, 0.3) is 5.91 Å². The van der Waals surface area contributed by atoms with Gasteiger partial charge in [-0.25, -0.2) is 4.39 Å². The van der Waals surface area contributed by atoms with E-state index in [9.17, 15) is 22.4 Å². The van der Waals surface area contributed by atoms with Crippen molar-refractivity contribution in [3.05, 3.63) is 59.9 Å². The van der Waals surface area contributed by atoms with Crippen molar-refractivity contribution in [3.8, 4) is 5.75 Å². The molecule has 2 aromatic rings. The summed E-state index contributed by atoms with van der Waals surface area (Å²) in [6.07, 6.45) is -4.49. The first-order chi connectivity index (χ1) is 10.3. The molecule has 0 saturated heterocycles. The highest BCUT2D eigenvalue weighted by Crippen LogP contribution is 2.26. The van der Waals surface area contributed by atoms with Gasteiger partial charge in [0, 0.05) is 5.56 Å². The van der Waals surface area contributed by atoms with Gasteiger partial charge < -0.3 is 10.1 Å². The Labute approximate surface area is 123 Å². The molecule has 22 heavy (non-hydrogen) atoms. The smallest absolute Gasteiger partial charge is 0.422 e. The van der Waals surface area contributed by atoms with Crippen molar-refractivity contribution >= 4 is 11.6 Å². The van der Waals surface area contributed by atoms with E-state index in [4.69, 9.17) is 0 Å². The first-order valence-corrected chi connectivity index (χ1v) is 6.21. The van der Waals surface area contributed by atoms with Crippen molar-refractivity contribution in [1.29, 1.82) is 0 Å². The van der Waals surface area contributed by atoms with E-state index in [1.54, 1.807) is 0 Å². The van der Waals surface area contributed by atoms with Crippen molar-refractivity contribution < 1.29 is 27.1 Å². The topological polar surface area (TPSA) is 38.3 Å². The maximum atomic E-state index is 13.1. The van der Waals surface area contributed by atoms with Gasteiger partial charge in [-0.2, -0.15) is 13.2 Å². The number of hydrogen-bond donors (Lipinski definition) is 1. The molecule has 7 heteroatoms. The highest BCUT2D eigenvalue weighted by atomic mass is 19.4. The molecule has 0 aliphatic carbocycles. The Balaban J connectivity index is 2.14. The second kappa shape index (κ2) is 6.46. The Morgan fingerprint density at radius 3 is 2.50 bits per heavy atom. The molecule has 0 saturated carbocycles. The van der Waals surface area contributed by atoms with Crippen LogP contribution in [0.3, 0.4) is 0 Å². The van der Waals surface area contributed by atoms with Crippen molar-refractivity contribution in [1.82, 2.24) is 0 Å². The van der Waals surface area contributed by atoms with Crippen LogP contribution < -0.4 is 10.1 Å². The van der Waals surface area contributed by atoms with Crippen LogP contribution >= 0.6 is 0 Å². The summed E-state index contributed by atoms with van der Waals surface area (Å²) in [4.78, 5) is 12.0. The molecule has 0 bridgehead atoms. The maximum absolute atomic E-state index is 13.1. The molecule has 0 aliphatic heterocycles. The summed E-state index contributed by atoms with van der Waals surface area (Å²) in [5, 5.41) is 2.39. The van der Waals surface area contributed by atoms with Crippen LogP contribution in [0.4, 0.5) is 23.2 Å². The van der Waals surface area contributed by atoms with Crippen LogP contribution in [-0.4, -0.2) is 18.7 Å². The van der Waals surface area contributed by atoms with Gasteiger partial charge in [-0.15, -0.1) is 0 Å². The van der Waals surface area contributed by atoms with Crippen molar-refractivity contribution in [2.24, 2.45) is 0 Å². The number of ether oxygens (including phenoxy) is 1. The second-order valence-electron chi connectivity index (χ2n) is 4.36. The standard InChI is InChI=1S/C15H11F4NO2/c16-11-5-3-4-10(8-11)14(21)20-12-6-1-2-7-13(12)22-9-15(17,18)19/h1-8H,9H2,(H,20,21). The average Bonchev–Trinajstić information content (AvgIpc) is 2.45. The summed E-state index contributed by atoms with van der Waals surface area (Å²) in [6.45, 7) is -1.47. The summed E-state index contributed by atoms with van der Waals surface area (Å²) in [5.41, 5.74) is 0.117. The van der Waals surface area contributed by atoms with Crippen LogP contribution in [0, 0.1) is 5.82 Å². The minimum Gasteiger partial charge on any atom is -0.482 e.